The summed E-state index contributed by atoms with van der Waals surface area (Å²) in [5.74, 6) is 0.709. The molecule has 0 saturated carbocycles. The van der Waals surface area contributed by atoms with Crippen LogP contribution in [-0.4, -0.2) is 67.7 Å². The molecule has 1 rings (SSSR count). The van der Waals surface area contributed by atoms with E-state index in [0.717, 1.165) is 17.4 Å². The number of rotatable bonds is 8. The van der Waals surface area contributed by atoms with E-state index in [2.05, 4.69) is 27.2 Å². The molecule has 0 aliphatic carbocycles. The van der Waals surface area contributed by atoms with E-state index in [1.54, 1.807) is 0 Å². The Balaban J connectivity index is 2.60. The van der Waals surface area contributed by atoms with Crippen molar-refractivity contribution in [3.8, 4) is 5.75 Å². The maximum atomic E-state index is 9.12. The average Bonchev–Trinajstić information content (AvgIpc) is 2.42. The molecule has 0 bridgehead atoms. The highest BCUT2D eigenvalue weighted by molar-refractivity contribution is 5.28. The first-order valence-electron chi connectivity index (χ1n) is 6.81. The zero-order valence-electron chi connectivity index (χ0n) is 12.7. The molecule has 0 aromatic heterocycles. The van der Waals surface area contributed by atoms with Gasteiger partial charge in [-0.1, -0.05) is 12.1 Å². The SMILES string of the molecule is C[N+](C)(C)CCc1cccc(OCC(N)(CO)CO)c1. The van der Waals surface area contributed by atoms with Gasteiger partial charge in [-0.05, 0) is 17.7 Å². The lowest BCUT2D eigenvalue weighted by molar-refractivity contribution is -0.870. The molecule has 1 aromatic rings. The van der Waals surface area contributed by atoms with Crippen molar-refractivity contribution >= 4 is 0 Å². The molecule has 0 unspecified atom stereocenters. The summed E-state index contributed by atoms with van der Waals surface area (Å²) >= 11 is 0. The second-order valence-electron chi connectivity index (χ2n) is 6.38. The summed E-state index contributed by atoms with van der Waals surface area (Å²) in [6, 6.07) is 7.84. The predicted octanol–water partition coefficient (Wildman–Crippen LogP) is -0.00380. The van der Waals surface area contributed by atoms with Crippen molar-refractivity contribution in [1.29, 1.82) is 0 Å². The third-order valence-corrected chi connectivity index (χ3v) is 3.13. The number of aliphatic hydroxyl groups is 2. The van der Waals surface area contributed by atoms with E-state index >= 15 is 0 Å². The number of hydrogen-bond acceptors (Lipinski definition) is 4. The van der Waals surface area contributed by atoms with Gasteiger partial charge in [-0.25, -0.2) is 0 Å². The Morgan fingerprint density at radius 3 is 2.40 bits per heavy atom. The third kappa shape index (κ3) is 5.88. The molecule has 0 heterocycles. The van der Waals surface area contributed by atoms with Crippen molar-refractivity contribution in [1.82, 2.24) is 0 Å². The molecule has 0 spiro atoms. The van der Waals surface area contributed by atoms with Gasteiger partial charge in [0.1, 0.15) is 12.4 Å². The van der Waals surface area contributed by atoms with Crippen LogP contribution < -0.4 is 10.5 Å². The molecule has 0 radical (unpaired) electrons. The molecule has 5 nitrogen and oxygen atoms in total. The van der Waals surface area contributed by atoms with Gasteiger partial charge in [-0.2, -0.15) is 0 Å². The largest absolute Gasteiger partial charge is 0.491 e. The summed E-state index contributed by atoms with van der Waals surface area (Å²) in [6.07, 6.45) is 0.967. The first kappa shape index (κ1) is 16.9. The Kier molecular flexibility index (Phi) is 5.95. The molecule has 0 amide bonds. The summed E-state index contributed by atoms with van der Waals surface area (Å²) in [6.45, 7) is 0.492. The van der Waals surface area contributed by atoms with Crippen molar-refractivity contribution in [2.75, 3.05) is 47.5 Å². The molecular weight excluding hydrogens is 256 g/mol. The molecular formula is C15H27N2O3+. The van der Waals surface area contributed by atoms with Crippen LogP contribution in [0.3, 0.4) is 0 Å². The van der Waals surface area contributed by atoms with Gasteiger partial charge in [0, 0.05) is 6.42 Å². The number of aliphatic hydroxyl groups excluding tert-OH is 2. The highest BCUT2D eigenvalue weighted by Crippen LogP contribution is 2.16. The molecule has 0 aliphatic heterocycles. The number of nitrogens with zero attached hydrogens (tertiary/aromatic N) is 1. The van der Waals surface area contributed by atoms with Gasteiger partial charge in [-0.3, -0.25) is 0 Å². The van der Waals surface area contributed by atoms with Crippen molar-refractivity contribution in [2.24, 2.45) is 5.73 Å². The Morgan fingerprint density at radius 1 is 1.20 bits per heavy atom. The normalized spacial score (nSPS) is 12.5. The summed E-state index contributed by atoms with van der Waals surface area (Å²) in [5, 5.41) is 18.2. The van der Waals surface area contributed by atoms with Gasteiger partial charge in [0.2, 0.25) is 0 Å². The fourth-order valence-electron chi connectivity index (χ4n) is 1.62. The minimum Gasteiger partial charge on any atom is -0.491 e. The fraction of sp³-hybridized carbons (Fsp3) is 0.600. The van der Waals surface area contributed by atoms with Crippen LogP contribution in [0.4, 0.5) is 0 Å². The van der Waals surface area contributed by atoms with Crippen molar-refractivity contribution in [3.05, 3.63) is 29.8 Å². The first-order valence-corrected chi connectivity index (χ1v) is 6.81. The lowest BCUT2D eigenvalue weighted by atomic mass is 10.1. The molecule has 0 atom stereocenters. The Bertz CT molecular complexity index is 412. The molecule has 4 N–H and O–H groups in total. The maximum absolute atomic E-state index is 9.12. The Hall–Kier alpha value is -1.14. The number of benzene rings is 1. The molecule has 0 aliphatic rings. The highest BCUT2D eigenvalue weighted by Gasteiger charge is 2.24. The van der Waals surface area contributed by atoms with Gasteiger partial charge >= 0.3 is 0 Å². The number of hydrogen-bond donors (Lipinski definition) is 3. The van der Waals surface area contributed by atoms with E-state index in [0.29, 0.717) is 5.75 Å². The number of ether oxygens (including phenoxy) is 1. The topological polar surface area (TPSA) is 75.7 Å². The second kappa shape index (κ2) is 7.04. The zero-order valence-corrected chi connectivity index (χ0v) is 12.7. The van der Waals surface area contributed by atoms with E-state index in [1.165, 1.54) is 5.56 Å². The molecule has 114 valence electrons. The van der Waals surface area contributed by atoms with Crippen LogP contribution in [0.2, 0.25) is 0 Å². The standard InChI is InChI=1S/C15H27N2O3/c1-17(2,3)8-7-13-5-4-6-14(9-13)20-12-15(16,10-18)11-19/h4-6,9,18-19H,7-8,10-12,16H2,1-3H3/q+1. The Labute approximate surface area is 121 Å². The van der Waals surface area contributed by atoms with Crippen LogP contribution in [0.5, 0.6) is 5.75 Å². The van der Waals surface area contributed by atoms with E-state index in [-0.39, 0.29) is 19.8 Å². The fourth-order valence-corrected chi connectivity index (χ4v) is 1.62. The van der Waals surface area contributed by atoms with Crippen LogP contribution in [0.25, 0.3) is 0 Å². The highest BCUT2D eigenvalue weighted by atomic mass is 16.5. The van der Waals surface area contributed by atoms with Crippen LogP contribution in [0.1, 0.15) is 5.56 Å². The van der Waals surface area contributed by atoms with Crippen molar-refractivity contribution in [2.45, 2.75) is 12.0 Å². The molecule has 20 heavy (non-hydrogen) atoms. The molecule has 5 heteroatoms. The van der Waals surface area contributed by atoms with Gasteiger partial charge in [0.25, 0.3) is 0 Å². The minimum atomic E-state index is -1.10. The second-order valence-corrected chi connectivity index (χ2v) is 6.38. The van der Waals surface area contributed by atoms with Crippen LogP contribution in [-0.2, 0) is 6.42 Å². The van der Waals surface area contributed by atoms with Gasteiger partial charge < -0.3 is 25.2 Å². The maximum Gasteiger partial charge on any atom is 0.119 e. The van der Waals surface area contributed by atoms with Gasteiger partial charge in [0.05, 0.1) is 46.4 Å². The molecule has 0 fully saturated rings. The Morgan fingerprint density at radius 2 is 1.85 bits per heavy atom. The minimum absolute atomic E-state index is 0.0821. The van der Waals surface area contributed by atoms with E-state index in [9.17, 15) is 0 Å². The first-order chi connectivity index (χ1) is 9.28. The lowest BCUT2D eigenvalue weighted by Gasteiger charge is -2.25. The number of likely N-dealkylation sites (N-methyl/N-ethyl adjacent to an activating group) is 1. The van der Waals surface area contributed by atoms with E-state index in [1.807, 2.05) is 18.2 Å². The van der Waals surface area contributed by atoms with Crippen molar-refractivity contribution in [3.63, 3.8) is 0 Å². The lowest BCUT2D eigenvalue weighted by Crippen LogP contribution is -2.52. The van der Waals surface area contributed by atoms with Crippen LogP contribution >= 0.6 is 0 Å². The summed E-state index contributed by atoms with van der Waals surface area (Å²) in [5.41, 5.74) is 5.87. The molecule has 0 saturated heterocycles. The molecule has 1 aromatic carbocycles. The van der Waals surface area contributed by atoms with Crippen LogP contribution in [0.15, 0.2) is 24.3 Å². The average molecular weight is 283 g/mol. The smallest absolute Gasteiger partial charge is 0.119 e. The summed E-state index contributed by atoms with van der Waals surface area (Å²) in [7, 11) is 6.48. The van der Waals surface area contributed by atoms with E-state index in [4.69, 9.17) is 20.7 Å². The predicted molar refractivity (Wildman–Crippen MR) is 79.6 cm³/mol. The number of nitrogens with two attached hydrogens (primary N) is 1. The van der Waals surface area contributed by atoms with Crippen molar-refractivity contribution < 1.29 is 19.4 Å². The zero-order chi connectivity index (χ0) is 15.2. The summed E-state index contributed by atoms with van der Waals surface area (Å²) < 4.78 is 6.48. The summed E-state index contributed by atoms with van der Waals surface area (Å²) in [4.78, 5) is 0. The third-order valence-electron chi connectivity index (χ3n) is 3.13. The quantitative estimate of drug-likeness (QED) is 0.587. The monoisotopic (exact) mass is 283 g/mol. The number of quaternary nitrogens is 1. The van der Waals surface area contributed by atoms with Crippen LogP contribution in [0, 0.1) is 0 Å². The van der Waals surface area contributed by atoms with E-state index < -0.39 is 5.54 Å². The van der Waals surface area contributed by atoms with Gasteiger partial charge in [-0.15, -0.1) is 0 Å². The van der Waals surface area contributed by atoms with Gasteiger partial charge in [0.15, 0.2) is 0 Å².